The Labute approximate surface area is 270 Å². The summed E-state index contributed by atoms with van der Waals surface area (Å²) in [5, 5.41) is 0. The molecule has 2 fully saturated rings. The van der Waals surface area contributed by atoms with Crippen LogP contribution in [0.3, 0.4) is 0 Å². The zero-order valence-corrected chi connectivity index (χ0v) is 27.7. The minimum absolute atomic E-state index is 0.138. The third kappa shape index (κ3) is 7.07. The van der Waals surface area contributed by atoms with Crippen LogP contribution in [0.2, 0.25) is 0 Å². The van der Waals surface area contributed by atoms with E-state index in [0.717, 1.165) is 38.5 Å². The van der Waals surface area contributed by atoms with Gasteiger partial charge in [0.05, 0.1) is 53.8 Å². The standard InChI is InChI=1S/C34H48N2O10/c1-39-26-15-20(16-27(40-2)30(26)43-5)32(37)45-24-13-9-7-11-22(24)34(36,19-35)23-12-8-10-14-25(23)46-33(38)21-17-28(41-3)31(44-6)29(18-21)42-4/h15-18,22-25H,7-14,19,35-36H2,1-6H3. The van der Waals surface area contributed by atoms with Crippen LogP contribution < -0.4 is 39.9 Å². The van der Waals surface area contributed by atoms with Crippen molar-refractivity contribution in [3.63, 3.8) is 0 Å². The smallest absolute Gasteiger partial charge is 0.338 e. The van der Waals surface area contributed by atoms with Gasteiger partial charge in [-0.1, -0.05) is 12.8 Å². The molecule has 0 radical (unpaired) electrons. The van der Waals surface area contributed by atoms with E-state index in [1.54, 1.807) is 24.3 Å². The minimum atomic E-state index is -0.957. The van der Waals surface area contributed by atoms with Gasteiger partial charge in [0.15, 0.2) is 23.0 Å². The molecule has 2 aromatic carbocycles. The maximum absolute atomic E-state index is 13.6. The molecule has 254 valence electrons. The second kappa shape index (κ2) is 15.6. The van der Waals surface area contributed by atoms with Crippen LogP contribution in [0, 0.1) is 11.8 Å². The van der Waals surface area contributed by atoms with Crippen molar-refractivity contribution in [1.29, 1.82) is 0 Å². The molecule has 0 amide bonds. The summed E-state index contributed by atoms with van der Waals surface area (Å²) in [4.78, 5) is 27.1. The molecule has 2 aliphatic rings. The lowest BCUT2D eigenvalue weighted by atomic mass is 9.62. The van der Waals surface area contributed by atoms with E-state index in [0.29, 0.717) is 47.3 Å². The van der Waals surface area contributed by atoms with Crippen molar-refractivity contribution < 1.29 is 47.5 Å². The first-order valence-corrected chi connectivity index (χ1v) is 15.7. The molecule has 0 spiro atoms. The van der Waals surface area contributed by atoms with Crippen LogP contribution in [0.4, 0.5) is 0 Å². The summed E-state index contributed by atoms with van der Waals surface area (Å²) < 4.78 is 44.9. The molecule has 4 unspecified atom stereocenters. The summed E-state index contributed by atoms with van der Waals surface area (Å²) >= 11 is 0. The van der Waals surface area contributed by atoms with E-state index < -0.39 is 29.7 Å². The number of rotatable bonds is 13. The van der Waals surface area contributed by atoms with E-state index in [9.17, 15) is 9.59 Å². The third-order valence-corrected chi connectivity index (χ3v) is 9.46. The Morgan fingerprint density at radius 2 is 0.935 bits per heavy atom. The van der Waals surface area contributed by atoms with Gasteiger partial charge < -0.3 is 49.4 Å². The number of hydrogen-bond donors (Lipinski definition) is 2. The molecule has 46 heavy (non-hydrogen) atoms. The average Bonchev–Trinajstić information content (AvgIpc) is 3.10. The van der Waals surface area contributed by atoms with E-state index in [1.807, 2.05) is 0 Å². The van der Waals surface area contributed by atoms with Crippen LogP contribution in [0.5, 0.6) is 34.5 Å². The first-order chi connectivity index (χ1) is 22.2. The second-order valence-corrected chi connectivity index (χ2v) is 11.8. The summed E-state index contributed by atoms with van der Waals surface area (Å²) in [5.41, 5.74) is 13.4. The normalized spacial score (nSPS) is 22.5. The molecule has 2 aliphatic carbocycles. The zero-order valence-electron chi connectivity index (χ0n) is 27.7. The topological polar surface area (TPSA) is 160 Å². The van der Waals surface area contributed by atoms with Crippen molar-refractivity contribution in [2.24, 2.45) is 23.3 Å². The van der Waals surface area contributed by atoms with Crippen molar-refractivity contribution in [3.05, 3.63) is 35.4 Å². The molecular weight excluding hydrogens is 596 g/mol. The number of nitrogens with two attached hydrogens (primary N) is 2. The molecule has 0 heterocycles. The van der Waals surface area contributed by atoms with E-state index in [1.165, 1.54) is 42.7 Å². The minimum Gasteiger partial charge on any atom is -0.493 e. The molecule has 12 heteroatoms. The number of ether oxygens (including phenoxy) is 8. The largest absolute Gasteiger partial charge is 0.493 e. The van der Waals surface area contributed by atoms with Crippen LogP contribution in [0.15, 0.2) is 24.3 Å². The summed E-state index contributed by atoms with van der Waals surface area (Å²) in [5.74, 6) is 0.619. The summed E-state index contributed by atoms with van der Waals surface area (Å²) in [6, 6.07) is 6.28. The van der Waals surface area contributed by atoms with Crippen LogP contribution in [0.1, 0.15) is 72.1 Å². The Morgan fingerprint density at radius 1 is 0.609 bits per heavy atom. The van der Waals surface area contributed by atoms with Gasteiger partial charge in [-0.2, -0.15) is 0 Å². The Balaban J connectivity index is 1.59. The van der Waals surface area contributed by atoms with Crippen molar-refractivity contribution in [2.45, 2.75) is 69.1 Å². The maximum Gasteiger partial charge on any atom is 0.338 e. The van der Waals surface area contributed by atoms with Crippen LogP contribution in [-0.2, 0) is 9.47 Å². The van der Waals surface area contributed by atoms with Gasteiger partial charge in [0, 0.05) is 23.9 Å². The van der Waals surface area contributed by atoms with E-state index >= 15 is 0 Å². The maximum atomic E-state index is 13.6. The Morgan fingerprint density at radius 3 is 1.22 bits per heavy atom. The molecule has 2 saturated carbocycles. The predicted molar refractivity (Wildman–Crippen MR) is 170 cm³/mol. The zero-order chi connectivity index (χ0) is 33.4. The highest BCUT2D eigenvalue weighted by Crippen LogP contribution is 2.45. The molecule has 4 rings (SSSR count). The van der Waals surface area contributed by atoms with Gasteiger partial charge in [-0.25, -0.2) is 9.59 Å². The first-order valence-electron chi connectivity index (χ1n) is 15.7. The first kappa shape index (κ1) is 35.0. The Bertz CT molecular complexity index is 1220. The third-order valence-electron chi connectivity index (χ3n) is 9.46. The van der Waals surface area contributed by atoms with Crippen molar-refractivity contribution in [1.82, 2.24) is 0 Å². The molecule has 12 nitrogen and oxygen atoms in total. The summed E-state index contributed by atoms with van der Waals surface area (Å²) in [6.45, 7) is 0.138. The van der Waals surface area contributed by atoms with Crippen molar-refractivity contribution >= 4 is 11.9 Å². The summed E-state index contributed by atoms with van der Waals surface area (Å²) in [7, 11) is 8.95. The molecule has 4 atom stereocenters. The van der Waals surface area contributed by atoms with Gasteiger partial charge in [0.2, 0.25) is 11.5 Å². The molecule has 0 aromatic heterocycles. The van der Waals surface area contributed by atoms with Crippen LogP contribution in [-0.4, -0.2) is 78.9 Å². The fraction of sp³-hybridized carbons (Fsp3) is 0.588. The molecule has 0 aliphatic heterocycles. The van der Waals surface area contributed by atoms with Crippen molar-refractivity contribution in [3.8, 4) is 34.5 Å². The highest BCUT2D eigenvalue weighted by atomic mass is 16.6. The van der Waals surface area contributed by atoms with Crippen molar-refractivity contribution in [2.75, 3.05) is 49.2 Å². The molecule has 2 aromatic rings. The second-order valence-electron chi connectivity index (χ2n) is 11.8. The average molecular weight is 645 g/mol. The number of hydrogen-bond acceptors (Lipinski definition) is 12. The quantitative estimate of drug-likeness (QED) is 0.294. The lowest BCUT2D eigenvalue weighted by Crippen LogP contribution is -2.65. The Hall–Kier alpha value is -3.90. The number of benzene rings is 2. The predicted octanol–water partition coefficient (Wildman–Crippen LogP) is 4.53. The highest BCUT2D eigenvalue weighted by Gasteiger charge is 2.51. The van der Waals surface area contributed by atoms with Gasteiger partial charge in [-0.15, -0.1) is 0 Å². The lowest BCUT2D eigenvalue weighted by Gasteiger charge is -2.50. The van der Waals surface area contributed by atoms with Gasteiger partial charge in [0.1, 0.15) is 12.2 Å². The van der Waals surface area contributed by atoms with Gasteiger partial charge >= 0.3 is 11.9 Å². The summed E-state index contributed by atoms with van der Waals surface area (Å²) in [6.07, 6.45) is 5.38. The number of carbonyl (C=O) groups excluding carboxylic acids is 2. The number of methoxy groups -OCH3 is 6. The molecular formula is C34H48N2O10. The van der Waals surface area contributed by atoms with Gasteiger partial charge in [-0.05, 0) is 62.8 Å². The number of carbonyl (C=O) groups is 2. The fourth-order valence-electron chi connectivity index (χ4n) is 7.09. The molecule has 0 saturated heterocycles. The van der Waals surface area contributed by atoms with Crippen LogP contribution in [0.25, 0.3) is 0 Å². The van der Waals surface area contributed by atoms with Gasteiger partial charge in [0.25, 0.3) is 0 Å². The van der Waals surface area contributed by atoms with Gasteiger partial charge in [-0.3, -0.25) is 0 Å². The fourth-order valence-corrected chi connectivity index (χ4v) is 7.09. The monoisotopic (exact) mass is 644 g/mol. The molecule has 4 N–H and O–H groups in total. The molecule has 0 bridgehead atoms. The van der Waals surface area contributed by atoms with E-state index in [-0.39, 0.29) is 29.5 Å². The Kier molecular flexibility index (Phi) is 11.9. The van der Waals surface area contributed by atoms with E-state index in [2.05, 4.69) is 0 Å². The highest BCUT2D eigenvalue weighted by molar-refractivity contribution is 5.92. The SMILES string of the molecule is COc1cc(C(=O)OC2CCCCC2C(N)(CN)C2CCCCC2OC(=O)c2cc(OC)c(OC)c(OC)c2)cc(OC)c1OC. The lowest BCUT2D eigenvalue weighted by molar-refractivity contribution is -0.0621. The van der Waals surface area contributed by atoms with Crippen LogP contribution >= 0.6 is 0 Å². The number of esters is 2. The van der Waals surface area contributed by atoms with E-state index in [4.69, 9.17) is 49.4 Å².